The maximum atomic E-state index is 12.9. The summed E-state index contributed by atoms with van der Waals surface area (Å²) in [5.74, 6) is -0.977. The fraction of sp³-hybridized carbons (Fsp3) is 0.231. The van der Waals surface area contributed by atoms with E-state index in [1.807, 2.05) is 0 Å². The quantitative estimate of drug-likeness (QED) is 0.782. The third-order valence-electron chi connectivity index (χ3n) is 2.45. The maximum Gasteiger partial charge on any atom is 0.310 e. The summed E-state index contributed by atoms with van der Waals surface area (Å²) in [7, 11) is 0. The van der Waals surface area contributed by atoms with E-state index in [-0.39, 0.29) is 35.0 Å². The summed E-state index contributed by atoms with van der Waals surface area (Å²) in [5.41, 5.74) is 0.0180. The molecule has 5 heteroatoms. The molecule has 4 nitrogen and oxygen atoms in total. The molecule has 0 bridgehead atoms. The maximum absolute atomic E-state index is 12.9. The van der Waals surface area contributed by atoms with Gasteiger partial charge in [-0.3, -0.25) is 9.59 Å². The normalized spacial score (nSPS) is 10.6. The number of halogens is 1. The van der Waals surface area contributed by atoms with Crippen molar-refractivity contribution in [3.63, 3.8) is 0 Å². The second-order valence-electron chi connectivity index (χ2n) is 3.71. The number of rotatable bonds is 3. The van der Waals surface area contributed by atoms with Crippen LogP contribution in [0.5, 0.6) is 0 Å². The molecule has 2 rings (SSSR count). The minimum atomic E-state index is -0.494. The summed E-state index contributed by atoms with van der Waals surface area (Å²) in [4.78, 5) is 23.3. The first-order chi connectivity index (χ1) is 8.61. The minimum Gasteiger partial charge on any atom is -0.466 e. The monoisotopic (exact) mass is 250 g/mol. The van der Waals surface area contributed by atoms with Crippen molar-refractivity contribution in [2.75, 3.05) is 6.61 Å². The molecule has 0 aliphatic carbocycles. The van der Waals surface area contributed by atoms with Gasteiger partial charge in [-0.05, 0) is 19.1 Å². The number of ether oxygens (including phenoxy) is 1. The lowest BCUT2D eigenvalue weighted by Crippen LogP contribution is -2.15. The molecule has 18 heavy (non-hydrogen) atoms. The summed E-state index contributed by atoms with van der Waals surface area (Å²) in [6.07, 6.45) is 1.02. The summed E-state index contributed by atoms with van der Waals surface area (Å²) >= 11 is 0. The van der Waals surface area contributed by atoms with Crippen LogP contribution >= 0.6 is 0 Å². The largest absolute Gasteiger partial charge is 0.466 e. The standard InChI is InChI=1S/C13H11FO4/c1-2-17-12(15)5-8-7-18-11-6-9(14)3-4-10(11)13(8)16/h3-4,6-7H,2,5H2,1H3. The molecule has 0 unspecified atom stereocenters. The van der Waals surface area contributed by atoms with Crippen LogP contribution in [0.2, 0.25) is 0 Å². The second-order valence-corrected chi connectivity index (χ2v) is 3.71. The molecule has 1 heterocycles. The second kappa shape index (κ2) is 5.00. The lowest BCUT2D eigenvalue weighted by Gasteiger charge is -2.02. The fourth-order valence-corrected chi connectivity index (χ4v) is 1.63. The first kappa shape index (κ1) is 12.3. The smallest absolute Gasteiger partial charge is 0.310 e. The zero-order chi connectivity index (χ0) is 13.1. The van der Waals surface area contributed by atoms with E-state index in [4.69, 9.17) is 9.15 Å². The van der Waals surface area contributed by atoms with E-state index in [9.17, 15) is 14.0 Å². The molecular weight excluding hydrogens is 239 g/mol. The van der Waals surface area contributed by atoms with E-state index >= 15 is 0 Å². The van der Waals surface area contributed by atoms with Crippen LogP contribution < -0.4 is 5.43 Å². The van der Waals surface area contributed by atoms with Crippen molar-refractivity contribution >= 4 is 16.9 Å². The molecule has 0 aliphatic heterocycles. The predicted octanol–water partition coefficient (Wildman–Crippen LogP) is 2.04. The molecule has 0 atom stereocenters. The molecule has 0 saturated carbocycles. The van der Waals surface area contributed by atoms with E-state index in [2.05, 4.69) is 0 Å². The van der Waals surface area contributed by atoms with Gasteiger partial charge in [0.05, 0.1) is 24.7 Å². The molecule has 0 saturated heterocycles. The van der Waals surface area contributed by atoms with Crippen LogP contribution in [0, 0.1) is 5.82 Å². The Balaban J connectivity index is 2.42. The average Bonchev–Trinajstić information content (AvgIpc) is 2.33. The van der Waals surface area contributed by atoms with Crippen LogP contribution in [0.4, 0.5) is 4.39 Å². The highest BCUT2D eigenvalue weighted by Crippen LogP contribution is 2.13. The van der Waals surface area contributed by atoms with Gasteiger partial charge in [0, 0.05) is 11.6 Å². The zero-order valence-corrected chi connectivity index (χ0v) is 9.73. The van der Waals surface area contributed by atoms with Crippen LogP contribution in [-0.4, -0.2) is 12.6 Å². The number of carbonyl (C=O) groups is 1. The number of carbonyl (C=O) groups excluding carboxylic acids is 1. The third kappa shape index (κ3) is 2.40. The van der Waals surface area contributed by atoms with Crippen LogP contribution in [0.3, 0.4) is 0 Å². The summed E-state index contributed by atoms with van der Waals surface area (Å²) in [5, 5.41) is 0.248. The van der Waals surface area contributed by atoms with Crippen molar-refractivity contribution < 1.29 is 18.3 Å². The molecule has 0 radical (unpaired) electrons. The third-order valence-corrected chi connectivity index (χ3v) is 2.45. The predicted molar refractivity (Wildman–Crippen MR) is 62.8 cm³/mol. The molecule has 0 amide bonds. The van der Waals surface area contributed by atoms with Crippen molar-refractivity contribution in [1.82, 2.24) is 0 Å². The lowest BCUT2D eigenvalue weighted by atomic mass is 10.1. The highest BCUT2D eigenvalue weighted by Gasteiger charge is 2.12. The number of esters is 1. The van der Waals surface area contributed by atoms with E-state index in [0.29, 0.717) is 0 Å². The molecule has 0 spiro atoms. The minimum absolute atomic E-state index is 0.149. The lowest BCUT2D eigenvalue weighted by molar-refractivity contribution is -0.142. The van der Waals surface area contributed by atoms with Gasteiger partial charge in [0.25, 0.3) is 0 Å². The molecule has 1 aromatic carbocycles. The Morgan fingerprint density at radius 3 is 2.94 bits per heavy atom. The van der Waals surface area contributed by atoms with Crippen molar-refractivity contribution in [2.45, 2.75) is 13.3 Å². The van der Waals surface area contributed by atoms with Crippen molar-refractivity contribution in [3.8, 4) is 0 Å². The summed E-state index contributed by atoms with van der Waals surface area (Å²) < 4.78 is 22.8. The molecule has 0 fully saturated rings. The molecule has 0 aliphatic rings. The highest BCUT2D eigenvalue weighted by molar-refractivity contribution is 5.79. The topological polar surface area (TPSA) is 56.5 Å². The Morgan fingerprint density at radius 2 is 2.22 bits per heavy atom. The highest BCUT2D eigenvalue weighted by atomic mass is 19.1. The Morgan fingerprint density at radius 1 is 1.44 bits per heavy atom. The van der Waals surface area contributed by atoms with E-state index < -0.39 is 11.8 Å². The number of hydrogen-bond acceptors (Lipinski definition) is 4. The van der Waals surface area contributed by atoms with Gasteiger partial charge in [-0.25, -0.2) is 4.39 Å². The van der Waals surface area contributed by atoms with Gasteiger partial charge in [0.2, 0.25) is 0 Å². The SMILES string of the molecule is CCOC(=O)Cc1coc2cc(F)ccc2c1=O. The fourth-order valence-electron chi connectivity index (χ4n) is 1.63. The van der Waals surface area contributed by atoms with Crippen LogP contribution in [0.1, 0.15) is 12.5 Å². The van der Waals surface area contributed by atoms with E-state index in [0.717, 1.165) is 6.07 Å². The van der Waals surface area contributed by atoms with E-state index in [1.54, 1.807) is 6.92 Å². The Bertz CT molecular complexity index is 645. The molecule has 94 valence electrons. The van der Waals surface area contributed by atoms with Crippen LogP contribution in [0.25, 0.3) is 11.0 Å². The Kier molecular flexibility index (Phi) is 3.41. The van der Waals surface area contributed by atoms with Gasteiger partial charge in [0.15, 0.2) is 5.43 Å². The number of benzene rings is 1. The van der Waals surface area contributed by atoms with Crippen molar-refractivity contribution in [1.29, 1.82) is 0 Å². The first-order valence-corrected chi connectivity index (χ1v) is 5.47. The van der Waals surface area contributed by atoms with Gasteiger partial charge in [-0.15, -0.1) is 0 Å². The van der Waals surface area contributed by atoms with Crippen LogP contribution in [0.15, 0.2) is 33.7 Å². The van der Waals surface area contributed by atoms with Crippen LogP contribution in [-0.2, 0) is 16.0 Å². The van der Waals surface area contributed by atoms with Gasteiger partial charge in [-0.2, -0.15) is 0 Å². The Hall–Kier alpha value is -2.17. The van der Waals surface area contributed by atoms with Gasteiger partial charge in [0.1, 0.15) is 11.4 Å². The summed E-state index contributed by atoms with van der Waals surface area (Å²) in [6.45, 7) is 1.94. The number of fused-ring (bicyclic) bond motifs is 1. The van der Waals surface area contributed by atoms with Crippen molar-refractivity contribution in [3.05, 3.63) is 46.1 Å². The number of hydrogen-bond donors (Lipinski definition) is 0. The van der Waals surface area contributed by atoms with Gasteiger partial charge >= 0.3 is 5.97 Å². The molecular formula is C13H11FO4. The van der Waals surface area contributed by atoms with Gasteiger partial charge in [-0.1, -0.05) is 0 Å². The average molecular weight is 250 g/mol. The summed E-state index contributed by atoms with van der Waals surface area (Å²) in [6, 6.07) is 3.64. The molecule has 0 N–H and O–H groups in total. The Labute approximate surface area is 102 Å². The van der Waals surface area contributed by atoms with Gasteiger partial charge < -0.3 is 9.15 Å². The van der Waals surface area contributed by atoms with E-state index in [1.165, 1.54) is 18.4 Å². The molecule has 2 aromatic rings. The first-order valence-electron chi connectivity index (χ1n) is 5.47. The molecule has 1 aromatic heterocycles. The zero-order valence-electron chi connectivity index (χ0n) is 9.73. The van der Waals surface area contributed by atoms with Crippen molar-refractivity contribution in [2.24, 2.45) is 0 Å².